The molecule has 0 N–H and O–H groups in total. The predicted molar refractivity (Wildman–Crippen MR) is 58.0 cm³/mol. The van der Waals surface area contributed by atoms with E-state index >= 15 is 0 Å². The van der Waals surface area contributed by atoms with Gasteiger partial charge < -0.3 is 4.74 Å². The largest absolute Gasteiger partial charge is 0.436 e. The zero-order valence-electron chi connectivity index (χ0n) is 8.66. The number of nitrogens with zero attached hydrogens (tertiary/aromatic N) is 4. The van der Waals surface area contributed by atoms with Gasteiger partial charge >= 0.3 is 0 Å². The molecule has 0 aliphatic carbocycles. The van der Waals surface area contributed by atoms with Gasteiger partial charge in [0, 0.05) is 12.3 Å². The van der Waals surface area contributed by atoms with Gasteiger partial charge in [-0.25, -0.2) is 0 Å². The molecule has 1 aromatic heterocycles. The van der Waals surface area contributed by atoms with Crippen LogP contribution >= 0.6 is 0 Å². The van der Waals surface area contributed by atoms with Gasteiger partial charge in [0.05, 0.1) is 17.2 Å². The van der Waals surface area contributed by atoms with E-state index in [0.29, 0.717) is 16.9 Å². The second-order valence-electron chi connectivity index (χ2n) is 3.10. The van der Waals surface area contributed by atoms with E-state index in [-0.39, 0.29) is 5.88 Å². The van der Waals surface area contributed by atoms with E-state index in [1.807, 2.05) is 12.1 Å². The minimum Gasteiger partial charge on any atom is -0.436 e. The summed E-state index contributed by atoms with van der Waals surface area (Å²) >= 11 is 0. The molecule has 0 bridgehead atoms. The van der Waals surface area contributed by atoms with E-state index in [9.17, 15) is 0 Å². The van der Waals surface area contributed by atoms with E-state index in [0.717, 1.165) is 0 Å². The third kappa shape index (κ3) is 2.36. The number of benzene rings is 1. The Morgan fingerprint density at radius 3 is 2.65 bits per heavy atom. The summed E-state index contributed by atoms with van der Waals surface area (Å²) in [5, 5.41) is 25.1. The van der Waals surface area contributed by atoms with Gasteiger partial charge in [0.15, 0.2) is 0 Å². The van der Waals surface area contributed by atoms with E-state index in [4.69, 9.17) is 15.3 Å². The molecule has 0 unspecified atom stereocenters. The number of nitriles is 2. The predicted octanol–water partition coefficient (Wildman–Crippen LogP) is 2.01. The first-order chi connectivity index (χ1) is 8.33. The topological polar surface area (TPSA) is 82.6 Å². The highest BCUT2D eigenvalue weighted by Gasteiger charge is 2.06. The Morgan fingerprint density at radius 2 is 2.00 bits per heavy atom. The molecule has 0 saturated carbocycles. The average molecular weight is 222 g/mol. The molecular formula is C12H6N4O. The summed E-state index contributed by atoms with van der Waals surface area (Å²) < 4.78 is 5.40. The summed E-state index contributed by atoms with van der Waals surface area (Å²) in [5.74, 6) is 0.575. The first-order valence-electron chi connectivity index (χ1n) is 4.73. The van der Waals surface area contributed by atoms with Crippen molar-refractivity contribution in [1.82, 2.24) is 10.2 Å². The highest BCUT2D eigenvalue weighted by molar-refractivity contribution is 5.49. The van der Waals surface area contributed by atoms with Crippen LogP contribution in [-0.4, -0.2) is 10.2 Å². The summed E-state index contributed by atoms with van der Waals surface area (Å²) in [4.78, 5) is 0. The third-order valence-electron chi connectivity index (χ3n) is 1.99. The van der Waals surface area contributed by atoms with E-state index in [2.05, 4.69) is 10.2 Å². The minimum atomic E-state index is 0.277. The number of hydrogen-bond acceptors (Lipinski definition) is 5. The molecule has 0 saturated heterocycles. The molecule has 0 atom stereocenters. The first kappa shape index (κ1) is 10.6. The lowest BCUT2D eigenvalue weighted by molar-refractivity contribution is 0.453. The second-order valence-corrected chi connectivity index (χ2v) is 3.10. The third-order valence-corrected chi connectivity index (χ3v) is 1.99. The van der Waals surface area contributed by atoms with Crippen LogP contribution in [0.5, 0.6) is 11.6 Å². The zero-order valence-corrected chi connectivity index (χ0v) is 8.66. The van der Waals surface area contributed by atoms with Crippen molar-refractivity contribution < 1.29 is 4.74 Å². The summed E-state index contributed by atoms with van der Waals surface area (Å²) in [7, 11) is 0. The molecule has 0 aliphatic heterocycles. The van der Waals surface area contributed by atoms with Crippen LogP contribution < -0.4 is 4.74 Å². The lowest BCUT2D eigenvalue weighted by atomic mass is 10.1. The average Bonchev–Trinajstić information content (AvgIpc) is 2.40. The Bertz CT molecular complexity index is 611. The van der Waals surface area contributed by atoms with Crippen LogP contribution in [-0.2, 0) is 0 Å². The van der Waals surface area contributed by atoms with E-state index in [1.54, 1.807) is 18.2 Å². The molecule has 0 aliphatic rings. The molecule has 0 spiro atoms. The van der Waals surface area contributed by atoms with Gasteiger partial charge in [0.1, 0.15) is 11.8 Å². The highest BCUT2D eigenvalue weighted by Crippen LogP contribution is 2.24. The summed E-state index contributed by atoms with van der Waals surface area (Å²) in [5.41, 5.74) is 0.762. The van der Waals surface area contributed by atoms with Crippen LogP contribution in [0.1, 0.15) is 11.1 Å². The highest BCUT2D eigenvalue weighted by atomic mass is 16.5. The van der Waals surface area contributed by atoms with Crippen LogP contribution in [0.25, 0.3) is 0 Å². The van der Waals surface area contributed by atoms with Gasteiger partial charge in [-0.1, -0.05) is 0 Å². The van der Waals surface area contributed by atoms with Crippen molar-refractivity contribution in [2.24, 2.45) is 0 Å². The van der Waals surface area contributed by atoms with Gasteiger partial charge in [0.2, 0.25) is 5.88 Å². The van der Waals surface area contributed by atoms with Crippen molar-refractivity contribution in [2.75, 3.05) is 0 Å². The van der Waals surface area contributed by atoms with Crippen molar-refractivity contribution in [1.29, 1.82) is 10.5 Å². The zero-order chi connectivity index (χ0) is 12.1. The molecule has 1 aromatic carbocycles. The van der Waals surface area contributed by atoms with Gasteiger partial charge in [-0.2, -0.15) is 15.6 Å². The summed E-state index contributed by atoms with van der Waals surface area (Å²) in [6.45, 7) is 0. The fourth-order valence-electron chi connectivity index (χ4n) is 1.22. The van der Waals surface area contributed by atoms with Crippen molar-refractivity contribution in [3.05, 3.63) is 47.7 Å². The Kier molecular flexibility index (Phi) is 2.95. The van der Waals surface area contributed by atoms with Gasteiger partial charge in [-0.15, -0.1) is 5.10 Å². The molecule has 17 heavy (non-hydrogen) atoms. The number of rotatable bonds is 2. The summed E-state index contributed by atoms with van der Waals surface area (Å²) in [6, 6.07) is 11.8. The van der Waals surface area contributed by atoms with Gasteiger partial charge in [0.25, 0.3) is 0 Å². The minimum absolute atomic E-state index is 0.277. The second kappa shape index (κ2) is 4.73. The number of hydrogen-bond donors (Lipinski definition) is 0. The van der Waals surface area contributed by atoms with E-state index in [1.165, 1.54) is 18.3 Å². The fraction of sp³-hybridized carbons (Fsp3) is 0. The maximum absolute atomic E-state index is 8.91. The van der Waals surface area contributed by atoms with Crippen molar-refractivity contribution >= 4 is 0 Å². The molecule has 5 heteroatoms. The molecule has 0 amide bonds. The summed E-state index contributed by atoms with van der Waals surface area (Å²) in [6.07, 6.45) is 1.52. The smallest absolute Gasteiger partial charge is 0.238 e. The Hall–Kier alpha value is -2.92. The Morgan fingerprint density at radius 1 is 1.12 bits per heavy atom. The maximum Gasteiger partial charge on any atom is 0.238 e. The quantitative estimate of drug-likeness (QED) is 0.776. The normalized spacial score (nSPS) is 9.06. The van der Waals surface area contributed by atoms with Crippen LogP contribution in [0, 0.1) is 22.7 Å². The standard InChI is InChI=1S/C12H6N4O/c13-7-9-3-4-10(8-14)11(6-9)17-12-2-1-5-15-16-12/h1-6H. The van der Waals surface area contributed by atoms with Crippen LogP contribution in [0.15, 0.2) is 36.5 Å². The molecule has 1 heterocycles. The molecular weight excluding hydrogens is 216 g/mol. The van der Waals surface area contributed by atoms with Crippen molar-refractivity contribution in [2.45, 2.75) is 0 Å². The van der Waals surface area contributed by atoms with Crippen molar-refractivity contribution in [3.63, 3.8) is 0 Å². The lowest BCUT2D eigenvalue weighted by Crippen LogP contribution is -1.92. The van der Waals surface area contributed by atoms with Crippen molar-refractivity contribution in [3.8, 4) is 23.8 Å². The molecule has 80 valence electrons. The number of aromatic nitrogens is 2. The fourth-order valence-corrected chi connectivity index (χ4v) is 1.22. The Labute approximate surface area is 97.5 Å². The molecule has 2 rings (SSSR count). The molecule has 0 radical (unpaired) electrons. The van der Waals surface area contributed by atoms with Crippen LogP contribution in [0.3, 0.4) is 0 Å². The molecule has 5 nitrogen and oxygen atoms in total. The van der Waals surface area contributed by atoms with Gasteiger partial charge in [-0.3, -0.25) is 0 Å². The van der Waals surface area contributed by atoms with Crippen LogP contribution in [0.2, 0.25) is 0 Å². The van der Waals surface area contributed by atoms with Gasteiger partial charge in [-0.05, 0) is 24.3 Å². The van der Waals surface area contributed by atoms with E-state index < -0.39 is 0 Å². The maximum atomic E-state index is 8.91. The van der Waals surface area contributed by atoms with Crippen LogP contribution in [0.4, 0.5) is 0 Å². The molecule has 0 fully saturated rings. The first-order valence-corrected chi connectivity index (χ1v) is 4.73. The lowest BCUT2D eigenvalue weighted by Gasteiger charge is -2.05. The number of ether oxygens (including phenoxy) is 1. The molecule has 2 aromatic rings. The Balaban J connectivity index is 2.39. The SMILES string of the molecule is N#Cc1ccc(C#N)c(Oc2cccnn2)c1. The monoisotopic (exact) mass is 222 g/mol.